The van der Waals surface area contributed by atoms with E-state index >= 15 is 0 Å². The summed E-state index contributed by atoms with van der Waals surface area (Å²) in [5.41, 5.74) is -0.320. The Balaban J connectivity index is 2.14. The summed E-state index contributed by atoms with van der Waals surface area (Å²) in [6.07, 6.45) is -3.90. The molecule has 0 bridgehead atoms. The quantitative estimate of drug-likeness (QED) is 0.568. The third-order valence-corrected chi connectivity index (χ3v) is 4.05. The van der Waals surface area contributed by atoms with E-state index in [-0.39, 0.29) is 16.5 Å². The van der Waals surface area contributed by atoms with Crippen molar-refractivity contribution >= 4 is 51.1 Å². The number of aromatic nitrogens is 2. The third-order valence-electron chi connectivity index (χ3n) is 3.00. The van der Waals surface area contributed by atoms with Crippen LogP contribution in [0.25, 0.3) is 0 Å². The molecule has 0 fully saturated rings. The molecule has 1 N–H and O–H groups in total. The molecule has 1 aromatic carbocycles. The Labute approximate surface area is 157 Å². The second-order valence-electron chi connectivity index (χ2n) is 4.79. The summed E-state index contributed by atoms with van der Waals surface area (Å²) >= 11 is 8.99. The number of rotatable bonds is 3. The van der Waals surface area contributed by atoms with Crippen LogP contribution >= 0.6 is 27.5 Å². The van der Waals surface area contributed by atoms with E-state index in [0.717, 1.165) is 12.1 Å². The highest BCUT2D eigenvalue weighted by Gasteiger charge is 2.42. The van der Waals surface area contributed by atoms with Gasteiger partial charge in [-0.2, -0.15) is 13.2 Å². The summed E-state index contributed by atoms with van der Waals surface area (Å²) in [5.74, 6) is -4.73. The van der Waals surface area contributed by atoms with Crippen LogP contribution in [-0.4, -0.2) is 33.6 Å². The molecule has 0 aliphatic rings. The lowest BCUT2D eigenvalue weighted by atomic mass is 10.2. The van der Waals surface area contributed by atoms with Crippen LogP contribution in [0.2, 0.25) is 5.02 Å². The predicted molar refractivity (Wildman–Crippen MR) is 86.8 cm³/mol. The average Bonchev–Trinajstić information content (AvgIpc) is 2.86. The van der Waals surface area contributed by atoms with Gasteiger partial charge in [0.25, 0.3) is 5.91 Å². The van der Waals surface area contributed by atoms with Crippen molar-refractivity contribution in [3.63, 3.8) is 0 Å². The largest absolute Gasteiger partial charge is 0.491 e. The number of carbonyl (C=O) groups excluding carboxylic acids is 3. The summed E-state index contributed by atoms with van der Waals surface area (Å²) in [5, 5.41) is 2.14. The first kappa shape index (κ1) is 19.9. The molecule has 12 heteroatoms. The molecule has 0 unspecified atom stereocenters. The van der Waals surface area contributed by atoms with E-state index in [0.29, 0.717) is 4.60 Å². The number of benzene rings is 1. The number of hydrogen-bond donors (Lipinski definition) is 1. The third kappa shape index (κ3) is 4.41. The van der Waals surface area contributed by atoms with E-state index < -0.39 is 29.6 Å². The number of carbonyl (C=O) groups is 3. The highest BCUT2D eigenvalue weighted by atomic mass is 79.9. The standard InChI is InChI=1S/C14H8BrClF3N3O4/c1-22-9(15)5-20-10(22)11(23)21-6-2-3-7(8(16)4-6)12(24)26-13(25)14(17,18)19/h2-5H,1H3,(H,21,23). The summed E-state index contributed by atoms with van der Waals surface area (Å²) in [6.45, 7) is 0. The molecule has 7 nitrogen and oxygen atoms in total. The van der Waals surface area contributed by atoms with Crippen molar-refractivity contribution in [2.24, 2.45) is 7.05 Å². The number of nitrogens with zero attached hydrogens (tertiary/aromatic N) is 2. The van der Waals surface area contributed by atoms with Gasteiger partial charge in [0, 0.05) is 12.7 Å². The fourth-order valence-electron chi connectivity index (χ4n) is 1.74. The molecule has 0 spiro atoms. The van der Waals surface area contributed by atoms with E-state index in [1.54, 1.807) is 7.05 Å². The molecule has 1 amide bonds. The summed E-state index contributed by atoms with van der Waals surface area (Å²) < 4.78 is 42.1. The topological polar surface area (TPSA) is 90.3 Å². The van der Waals surface area contributed by atoms with Crippen LogP contribution in [0, 0.1) is 0 Å². The fourth-order valence-corrected chi connectivity index (χ4v) is 2.27. The van der Waals surface area contributed by atoms with Crippen molar-refractivity contribution in [1.82, 2.24) is 9.55 Å². The van der Waals surface area contributed by atoms with Crippen LogP contribution in [0.1, 0.15) is 21.0 Å². The van der Waals surface area contributed by atoms with Crippen LogP contribution in [0.5, 0.6) is 0 Å². The van der Waals surface area contributed by atoms with Gasteiger partial charge in [-0.3, -0.25) is 4.79 Å². The Kier molecular flexibility index (Phi) is 5.71. The number of nitrogens with one attached hydrogen (secondary N) is 1. The molecule has 1 aromatic heterocycles. The van der Waals surface area contributed by atoms with Gasteiger partial charge in [0.1, 0.15) is 4.60 Å². The monoisotopic (exact) mass is 453 g/mol. The number of hydrogen-bond acceptors (Lipinski definition) is 5. The van der Waals surface area contributed by atoms with Crippen molar-refractivity contribution in [2.75, 3.05) is 5.32 Å². The molecule has 0 saturated carbocycles. The summed E-state index contributed by atoms with van der Waals surface area (Å²) in [4.78, 5) is 38.3. The van der Waals surface area contributed by atoms with Crippen molar-refractivity contribution in [3.8, 4) is 0 Å². The number of halogens is 5. The first-order valence-electron chi connectivity index (χ1n) is 6.62. The van der Waals surface area contributed by atoms with Gasteiger partial charge in [-0.15, -0.1) is 0 Å². The zero-order valence-corrected chi connectivity index (χ0v) is 15.1. The van der Waals surface area contributed by atoms with Crippen molar-refractivity contribution in [3.05, 3.63) is 45.4 Å². The van der Waals surface area contributed by atoms with E-state index in [4.69, 9.17) is 11.6 Å². The van der Waals surface area contributed by atoms with Gasteiger partial charge in [0.2, 0.25) is 0 Å². The minimum absolute atomic E-state index is 0.0762. The normalized spacial score (nSPS) is 11.2. The van der Waals surface area contributed by atoms with E-state index in [1.165, 1.54) is 16.8 Å². The Morgan fingerprint density at radius 1 is 1.31 bits per heavy atom. The Hall–Kier alpha value is -2.40. The molecule has 2 rings (SSSR count). The molecular weight excluding hydrogens is 447 g/mol. The highest BCUT2D eigenvalue weighted by Crippen LogP contribution is 2.24. The molecule has 2 aromatic rings. The second kappa shape index (κ2) is 7.46. The first-order chi connectivity index (χ1) is 12.0. The zero-order chi connectivity index (χ0) is 19.6. The Morgan fingerprint density at radius 3 is 2.46 bits per heavy atom. The summed E-state index contributed by atoms with van der Waals surface area (Å²) in [6, 6.07) is 3.33. The lowest BCUT2D eigenvalue weighted by Gasteiger charge is -2.09. The lowest BCUT2D eigenvalue weighted by Crippen LogP contribution is -2.28. The molecule has 0 aliphatic heterocycles. The Bertz CT molecular complexity index is 898. The van der Waals surface area contributed by atoms with Crippen LogP contribution in [0.3, 0.4) is 0 Å². The molecule has 26 heavy (non-hydrogen) atoms. The number of amides is 1. The lowest BCUT2D eigenvalue weighted by molar-refractivity contribution is -0.193. The van der Waals surface area contributed by atoms with Crippen molar-refractivity contribution < 1.29 is 32.3 Å². The first-order valence-corrected chi connectivity index (χ1v) is 7.79. The summed E-state index contributed by atoms with van der Waals surface area (Å²) in [7, 11) is 1.59. The van der Waals surface area contributed by atoms with Gasteiger partial charge in [-0.1, -0.05) is 11.6 Å². The molecule has 0 atom stereocenters. The van der Waals surface area contributed by atoms with Gasteiger partial charge in [0.05, 0.1) is 16.8 Å². The van der Waals surface area contributed by atoms with E-state index in [9.17, 15) is 27.6 Å². The van der Waals surface area contributed by atoms with Crippen LogP contribution in [-0.2, 0) is 16.6 Å². The van der Waals surface area contributed by atoms with Crippen molar-refractivity contribution in [1.29, 1.82) is 0 Å². The zero-order valence-electron chi connectivity index (χ0n) is 12.7. The van der Waals surface area contributed by atoms with E-state index in [2.05, 4.69) is 31.0 Å². The van der Waals surface area contributed by atoms with Gasteiger partial charge in [0.15, 0.2) is 5.82 Å². The van der Waals surface area contributed by atoms with E-state index in [1.807, 2.05) is 0 Å². The SMILES string of the molecule is Cn1c(Br)cnc1C(=O)Nc1ccc(C(=O)OC(=O)C(F)(F)F)c(Cl)c1. The minimum Gasteiger partial charge on any atom is -0.383 e. The highest BCUT2D eigenvalue weighted by molar-refractivity contribution is 9.10. The molecule has 0 aliphatic carbocycles. The molecular formula is C14H8BrClF3N3O4. The maximum absolute atomic E-state index is 12.1. The molecule has 0 saturated heterocycles. The maximum Gasteiger partial charge on any atom is 0.491 e. The van der Waals surface area contributed by atoms with Crippen LogP contribution < -0.4 is 5.32 Å². The van der Waals surface area contributed by atoms with Gasteiger partial charge in [-0.05, 0) is 34.1 Å². The minimum atomic E-state index is -5.31. The van der Waals surface area contributed by atoms with Gasteiger partial charge < -0.3 is 14.6 Å². The number of alkyl halides is 3. The Morgan fingerprint density at radius 2 is 1.96 bits per heavy atom. The maximum atomic E-state index is 12.1. The van der Waals surface area contributed by atoms with Crippen LogP contribution in [0.4, 0.5) is 18.9 Å². The van der Waals surface area contributed by atoms with Gasteiger partial charge in [-0.25, -0.2) is 14.6 Å². The number of ether oxygens (including phenoxy) is 1. The smallest absolute Gasteiger partial charge is 0.383 e. The molecule has 1 heterocycles. The molecule has 138 valence electrons. The average molecular weight is 455 g/mol. The number of imidazole rings is 1. The fraction of sp³-hybridized carbons (Fsp3) is 0.143. The second-order valence-corrected chi connectivity index (χ2v) is 6.01. The van der Waals surface area contributed by atoms with Crippen LogP contribution in [0.15, 0.2) is 29.0 Å². The number of anilines is 1. The van der Waals surface area contributed by atoms with Crippen molar-refractivity contribution in [2.45, 2.75) is 6.18 Å². The molecule has 0 radical (unpaired) electrons. The predicted octanol–water partition coefficient (Wildman–Crippen LogP) is 3.33. The number of esters is 2. The van der Waals surface area contributed by atoms with Gasteiger partial charge >= 0.3 is 18.1 Å².